The molecule has 0 heterocycles. The first kappa shape index (κ1) is 16.0. The molecular weight excluding hydrogens is 310 g/mol. The first-order valence-corrected chi connectivity index (χ1v) is 6.80. The zero-order valence-corrected chi connectivity index (χ0v) is 13.3. The third kappa shape index (κ3) is 4.21. The van der Waals surface area contributed by atoms with Crippen LogP contribution in [0.25, 0.3) is 0 Å². The number of rotatable bonds is 5. The molecule has 0 bridgehead atoms. The molecule has 0 saturated heterocycles. The normalized spacial score (nSPS) is 11.3. The summed E-state index contributed by atoms with van der Waals surface area (Å²) in [4.78, 5) is 14.0. The number of ether oxygens (including phenoxy) is 1. The lowest BCUT2D eigenvalue weighted by atomic mass is 9.94. The summed E-state index contributed by atoms with van der Waals surface area (Å²) in [6.45, 7) is 4.34. The van der Waals surface area contributed by atoms with Gasteiger partial charge >= 0.3 is 0 Å². The first-order chi connectivity index (χ1) is 8.80. The Kier molecular flexibility index (Phi) is 5.38. The highest BCUT2D eigenvalue weighted by Gasteiger charge is 2.23. The standard InChI is InChI=1S/C14H20BrNO3/c1-14(2,9-17)8-16(3)13(18)11-7-10(19-4)5-6-12(11)15/h5-7,17H,8-9H2,1-4H3. The van der Waals surface area contributed by atoms with Crippen LogP contribution in [0.1, 0.15) is 24.2 Å². The van der Waals surface area contributed by atoms with Gasteiger partial charge in [0, 0.05) is 30.1 Å². The SMILES string of the molecule is COc1ccc(Br)c(C(=O)N(C)CC(C)(C)CO)c1. The summed E-state index contributed by atoms with van der Waals surface area (Å²) in [7, 11) is 3.29. The van der Waals surface area contributed by atoms with Crippen molar-refractivity contribution in [2.45, 2.75) is 13.8 Å². The van der Waals surface area contributed by atoms with Gasteiger partial charge in [0.05, 0.1) is 12.7 Å². The highest BCUT2D eigenvalue weighted by molar-refractivity contribution is 9.10. The summed E-state index contributed by atoms with van der Waals surface area (Å²) < 4.78 is 5.86. The Morgan fingerprint density at radius 2 is 2.11 bits per heavy atom. The van der Waals surface area contributed by atoms with Crippen LogP contribution in [-0.2, 0) is 0 Å². The predicted octanol–water partition coefficient (Wildman–Crippen LogP) is 2.55. The molecule has 1 amide bonds. The minimum atomic E-state index is -0.324. The van der Waals surface area contributed by atoms with E-state index in [1.165, 1.54) is 0 Å². The fourth-order valence-electron chi connectivity index (χ4n) is 1.76. The van der Waals surface area contributed by atoms with Gasteiger partial charge in [-0.05, 0) is 34.1 Å². The van der Waals surface area contributed by atoms with Crippen molar-refractivity contribution in [2.75, 3.05) is 27.3 Å². The molecule has 0 unspecified atom stereocenters. The molecule has 1 N–H and O–H groups in total. The van der Waals surface area contributed by atoms with E-state index in [1.807, 2.05) is 13.8 Å². The number of halogens is 1. The summed E-state index contributed by atoms with van der Waals surface area (Å²) in [6.07, 6.45) is 0. The van der Waals surface area contributed by atoms with E-state index in [-0.39, 0.29) is 17.9 Å². The molecule has 0 radical (unpaired) electrons. The predicted molar refractivity (Wildman–Crippen MR) is 78.5 cm³/mol. The number of aliphatic hydroxyl groups excluding tert-OH is 1. The topological polar surface area (TPSA) is 49.8 Å². The van der Waals surface area contributed by atoms with Crippen LogP contribution in [0.15, 0.2) is 22.7 Å². The Bertz CT molecular complexity index is 460. The summed E-state index contributed by atoms with van der Waals surface area (Å²) in [5.41, 5.74) is 0.228. The van der Waals surface area contributed by atoms with E-state index in [0.29, 0.717) is 17.9 Å². The van der Waals surface area contributed by atoms with Crippen LogP contribution in [0.3, 0.4) is 0 Å². The fraction of sp³-hybridized carbons (Fsp3) is 0.500. The molecule has 0 aliphatic rings. The largest absolute Gasteiger partial charge is 0.497 e. The van der Waals surface area contributed by atoms with Crippen LogP contribution in [0.4, 0.5) is 0 Å². The van der Waals surface area contributed by atoms with Gasteiger partial charge in [0.15, 0.2) is 0 Å². The Labute approximate surface area is 122 Å². The van der Waals surface area contributed by atoms with E-state index in [2.05, 4.69) is 15.9 Å². The van der Waals surface area contributed by atoms with Crippen molar-refractivity contribution in [2.24, 2.45) is 5.41 Å². The number of hydrogen-bond donors (Lipinski definition) is 1. The van der Waals surface area contributed by atoms with E-state index in [0.717, 1.165) is 4.47 Å². The molecule has 0 aliphatic heterocycles. The maximum absolute atomic E-state index is 12.4. The number of amides is 1. The molecule has 0 fully saturated rings. The maximum Gasteiger partial charge on any atom is 0.254 e. The van der Waals surface area contributed by atoms with Crippen LogP contribution in [0.5, 0.6) is 5.75 Å². The highest BCUT2D eigenvalue weighted by Crippen LogP contribution is 2.24. The third-order valence-corrected chi connectivity index (χ3v) is 3.54. The summed E-state index contributed by atoms with van der Waals surface area (Å²) in [5, 5.41) is 9.26. The quantitative estimate of drug-likeness (QED) is 0.903. The van der Waals surface area contributed by atoms with E-state index < -0.39 is 0 Å². The van der Waals surface area contributed by atoms with E-state index in [4.69, 9.17) is 4.74 Å². The van der Waals surface area contributed by atoms with E-state index in [9.17, 15) is 9.90 Å². The second kappa shape index (κ2) is 6.39. The molecule has 0 aliphatic carbocycles. The smallest absolute Gasteiger partial charge is 0.254 e. The van der Waals surface area contributed by atoms with Gasteiger partial charge < -0.3 is 14.7 Å². The van der Waals surface area contributed by atoms with Crippen LogP contribution < -0.4 is 4.74 Å². The zero-order chi connectivity index (χ0) is 14.6. The molecule has 1 aromatic carbocycles. The van der Waals surface area contributed by atoms with Gasteiger partial charge in [-0.25, -0.2) is 0 Å². The molecule has 0 atom stereocenters. The van der Waals surface area contributed by atoms with Crippen molar-refractivity contribution in [3.05, 3.63) is 28.2 Å². The average molecular weight is 330 g/mol. The van der Waals surface area contributed by atoms with Gasteiger partial charge in [-0.1, -0.05) is 13.8 Å². The second-order valence-electron chi connectivity index (χ2n) is 5.33. The number of nitrogens with zero attached hydrogens (tertiary/aromatic N) is 1. The van der Waals surface area contributed by atoms with Crippen LogP contribution in [0, 0.1) is 5.41 Å². The van der Waals surface area contributed by atoms with Gasteiger partial charge in [-0.15, -0.1) is 0 Å². The van der Waals surface area contributed by atoms with Crippen molar-refractivity contribution in [3.8, 4) is 5.75 Å². The molecule has 5 heteroatoms. The molecular formula is C14H20BrNO3. The molecule has 1 aromatic rings. The number of aliphatic hydroxyl groups is 1. The number of carbonyl (C=O) groups is 1. The van der Waals surface area contributed by atoms with Crippen molar-refractivity contribution in [3.63, 3.8) is 0 Å². The van der Waals surface area contributed by atoms with Crippen LogP contribution >= 0.6 is 15.9 Å². The van der Waals surface area contributed by atoms with Crippen LogP contribution in [-0.4, -0.2) is 43.2 Å². The zero-order valence-electron chi connectivity index (χ0n) is 11.7. The van der Waals surface area contributed by atoms with Gasteiger partial charge in [-0.3, -0.25) is 4.79 Å². The molecule has 0 saturated carbocycles. The lowest BCUT2D eigenvalue weighted by molar-refractivity contribution is 0.0662. The Morgan fingerprint density at radius 3 is 2.63 bits per heavy atom. The van der Waals surface area contributed by atoms with Crippen LogP contribution in [0.2, 0.25) is 0 Å². The minimum Gasteiger partial charge on any atom is -0.497 e. The summed E-state index contributed by atoms with van der Waals surface area (Å²) in [6, 6.07) is 5.28. The van der Waals surface area contributed by atoms with Crippen molar-refractivity contribution in [1.29, 1.82) is 0 Å². The van der Waals surface area contributed by atoms with Gasteiger partial charge in [0.1, 0.15) is 5.75 Å². The lowest BCUT2D eigenvalue weighted by Crippen LogP contribution is -2.37. The van der Waals surface area contributed by atoms with E-state index in [1.54, 1.807) is 37.3 Å². The monoisotopic (exact) mass is 329 g/mol. The number of methoxy groups -OCH3 is 1. The van der Waals surface area contributed by atoms with Crippen molar-refractivity contribution in [1.82, 2.24) is 4.90 Å². The Hall–Kier alpha value is -1.07. The average Bonchev–Trinajstić information content (AvgIpc) is 2.38. The summed E-state index contributed by atoms with van der Waals surface area (Å²) >= 11 is 3.37. The van der Waals surface area contributed by atoms with Crippen molar-refractivity contribution >= 4 is 21.8 Å². The summed E-state index contributed by atoms with van der Waals surface area (Å²) in [5.74, 6) is 0.536. The molecule has 4 nitrogen and oxygen atoms in total. The Morgan fingerprint density at radius 1 is 1.47 bits per heavy atom. The van der Waals surface area contributed by atoms with Gasteiger partial charge in [-0.2, -0.15) is 0 Å². The molecule has 19 heavy (non-hydrogen) atoms. The number of benzene rings is 1. The lowest BCUT2D eigenvalue weighted by Gasteiger charge is -2.28. The third-order valence-electron chi connectivity index (χ3n) is 2.84. The molecule has 106 valence electrons. The number of carbonyl (C=O) groups excluding carboxylic acids is 1. The fourth-order valence-corrected chi connectivity index (χ4v) is 2.18. The van der Waals surface area contributed by atoms with Gasteiger partial charge in [0.25, 0.3) is 5.91 Å². The molecule has 1 rings (SSSR count). The second-order valence-corrected chi connectivity index (χ2v) is 6.18. The van der Waals surface area contributed by atoms with Gasteiger partial charge in [0.2, 0.25) is 0 Å². The first-order valence-electron chi connectivity index (χ1n) is 6.00. The molecule has 0 spiro atoms. The molecule has 0 aromatic heterocycles. The highest BCUT2D eigenvalue weighted by atomic mass is 79.9. The maximum atomic E-state index is 12.4. The van der Waals surface area contributed by atoms with E-state index >= 15 is 0 Å². The van der Waals surface area contributed by atoms with Crippen molar-refractivity contribution < 1.29 is 14.6 Å². The Balaban J connectivity index is 2.93. The number of hydrogen-bond acceptors (Lipinski definition) is 3. The minimum absolute atomic E-state index is 0.0316.